The summed E-state index contributed by atoms with van der Waals surface area (Å²) >= 11 is 0. The van der Waals surface area contributed by atoms with Crippen LogP contribution in [0.15, 0.2) is 24.3 Å². The zero-order chi connectivity index (χ0) is 15.6. The fourth-order valence-electron chi connectivity index (χ4n) is 4.55. The van der Waals surface area contributed by atoms with Crippen molar-refractivity contribution in [1.82, 2.24) is 10.6 Å². The van der Waals surface area contributed by atoms with Crippen LogP contribution in [0, 0.1) is 17.8 Å². The maximum absolute atomic E-state index is 12.4. The first-order chi connectivity index (χ1) is 11.3. The van der Waals surface area contributed by atoms with Gasteiger partial charge < -0.3 is 10.6 Å². The summed E-state index contributed by atoms with van der Waals surface area (Å²) in [6, 6.07) is 9.46. The van der Waals surface area contributed by atoms with Gasteiger partial charge in [0, 0.05) is 12.0 Å². The fourth-order valence-corrected chi connectivity index (χ4v) is 4.55. The topological polar surface area (TPSA) is 41.1 Å². The number of amides is 1. The predicted octanol–water partition coefficient (Wildman–Crippen LogP) is 2.69. The van der Waals surface area contributed by atoms with Crippen molar-refractivity contribution in [2.24, 2.45) is 17.8 Å². The minimum Gasteiger partial charge on any atom is -0.353 e. The second-order valence-electron chi connectivity index (χ2n) is 7.84. The molecule has 3 fully saturated rings. The molecule has 3 unspecified atom stereocenters. The molecule has 1 aromatic carbocycles. The first kappa shape index (κ1) is 15.2. The van der Waals surface area contributed by atoms with Gasteiger partial charge in [0.25, 0.3) is 0 Å². The number of hydrogen-bond donors (Lipinski definition) is 2. The van der Waals surface area contributed by atoms with E-state index in [9.17, 15) is 4.79 Å². The third-order valence-electron chi connectivity index (χ3n) is 6.09. The summed E-state index contributed by atoms with van der Waals surface area (Å²) in [6.45, 7) is 2.32. The van der Waals surface area contributed by atoms with Crippen LogP contribution in [0.2, 0.25) is 0 Å². The van der Waals surface area contributed by atoms with Crippen LogP contribution in [0.3, 0.4) is 0 Å². The van der Waals surface area contributed by atoms with E-state index >= 15 is 0 Å². The summed E-state index contributed by atoms with van der Waals surface area (Å²) in [5.41, 5.74) is 2.75. The molecule has 3 heteroatoms. The monoisotopic (exact) mass is 312 g/mol. The molecule has 1 aromatic rings. The van der Waals surface area contributed by atoms with Gasteiger partial charge in [-0.05, 0) is 68.2 Å². The van der Waals surface area contributed by atoms with Crippen molar-refractivity contribution in [2.75, 3.05) is 13.1 Å². The molecule has 3 atom stereocenters. The highest BCUT2D eigenvalue weighted by Crippen LogP contribution is 2.34. The van der Waals surface area contributed by atoms with E-state index in [1.807, 2.05) is 0 Å². The summed E-state index contributed by atoms with van der Waals surface area (Å²) < 4.78 is 0. The van der Waals surface area contributed by atoms with Gasteiger partial charge in [-0.15, -0.1) is 0 Å². The summed E-state index contributed by atoms with van der Waals surface area (Å²) in [5, 5.41) is 6.63. The zero-order valence-electron chi connectivity index (χ0n) is 13.9. The molecule has 2 saturated heterocycles. The summed E-state index contributed by atoms with van der Waals surface area (Å²) in [6.07, 6.45) is 8.29. The molecule has 3 nitrogen and oxygen atoms in total. The molecule has 1 amide bonds. The highest BCUT2D eigenvalue weighted by Gasteiger charge is 2.36. The maximum atomic E-state index is 12.4. The Bertz CT molecular complexity index is 549. The van der Waals surface area contributed by atoms with E-state index in [-0.39, 0.29) is 11.8 Å². The van der Waals surface area contributed by atoms with Gasteiger partial charge in [0.1, 0.15) is 0 Å². The number of hydrogen-bond acceptors (Lipinski definition) is 2. The van der Waals surface area contributed by atoms with Crippen LogP contribution < -0.4 is 10.6 Å². The van der Waals surface area contributed by atoms with Crippen LogP contribution >= 0.6 is 0 Å². The maximum Gasteiger partial charge on any atom is 0.223 e. The van der Waals surface area contributed by atoms with Gasteiger partial charge in [-0.3, -0.25) is 4.79 Å². The van der Waals surface area contributed by atoms with Gasteiger partial charge >= 0.3 is 0 Å². The fraction of sp³-hybridized carbons (Fsp3) is 0.650. The van der Waals surface area contributed by atoms with E-state index in [2.05, 4.69) is 34.9 Å². The third kappa shape index (κ3) is 3.45. The van der Waals surface area contributed by atoms with Gasteiger partial charge in [-0.25, -0.2) is 0 Å². The average molecular weight is 312 g/mol. The Balaban J connectivity index is 1.36. The molecule has 2 aliphatic heterocycles. The first-order valence-corrected chi connectivity index (χ1v) is 9.37. The van der Waals surface area contributed by atoms with Crippen molar-refractivity contribution >= 4 is 5.91 Å². The summed E-state index contributed by atoms with van der Waals surface area (Å²) in [5.74, 6) is 2.00. The molecule has 23 heavy (non-hydrogen) atoms. The SMILES string of the molecule is O=C1NC2CCCCC2CC1Cc1ccc(CC2CNC2)cc1. The highest BCUT2D eigenvalue weighted by atomic mass is 16.2. The number of fused-ring (bicyclic) bond motifs is 1. The molecule has 2 N–H and O–H groups in total. The number of carbonyl (C=O) groups excluding carboxylic acids is 1. The lowest BCUT2D eigenvalue weighted by molar-refractivity contribution is -0.129. The second kappa shape index (κ2) is 6.64. The Kier molecular flexibility index (Phi) is 4.39. The van der Waals surface area contributed by atoms with Gasteiger partial charge in [0.2, 0.25) is 5.91 Å². The number of piperidine rings is 1. The Labute approximate surface area is 139 Å². The van der Waals surface area contributed by atoms with Gasteiger partial charge in [-0.1, -0.05) is 37.1 Å². The number of nitrogens with one attached hydrogen (secondary N) is 2. The molecule has 1 saturated carbocycles. The van der Waals surface area contributed by atoms with E-state index in [1.165, 1.54) is 43.2 Å². The van der Waals surface area contributed by atoms with Crippen LogP contribution in [-0.2, 0) is 17.6 Å². The van der Waals surface area contributed by atoms with Crippen molar-refractivity contribution < 1.29 is 4.79 Å². The lowest BCUT2D eigenvalue weighted by Gasteiger charge is -2.39. The third-order valence-corrected chi connectivity index (χ3v) is 6.09. The standard InChI is InChI=1S/C20H28N2O/c23-20-18(11-17-3-1-2-4-19(17)22-20)10-15-7-5-14(6-8-15)9-16-12-21-13-16/h5-8,16-19,21H,1-4,9-13H2,(H,22,23). The Morgan fingerprint density at radius 2 is 1.65 bits per heavy atom. The van der Waals surface area contributed by atoms with E-state index in [0.29, 0.717) is 6.04 Å². The van der Waals surface area contributed by atoms with Crippen molar-refractivity contribution in [3.8, 4) is 0 Å². The lowest BCUT2D eigenvalue weighted by Crippen LogP contribution is -2.51. The molecule has 0 spiro atoms. The molecule has 0 aromatic heterocycles. The molecular weight excluding hydrogens is 284 g/mol. The molecular formula is C20H28N2O. The van der Waals surface area contributed by atoms with Crippen molar-refractivity contribution in [3.05, 3.63) is 35.4 Å². The van der Waals surface area contributed by atoms with Crippen molar-refractivity contribution in [1.29, 1.82) is 0 Å². The molecule has 124 valence electrons. The predicted molar refractivity (Wildman–Crippen MR) is 92.2 cm³/mol. The Morgan fingerprint density at radius 1 is 0.957 bits per heavy atom. The van der Waals surface area contributed by atoms with Crippen molar-refractivity contribution in [3.63, 3.8) is 0 Å². The van der Waals surface area contributed by atoms with Crippen molar-refractivity contribution in [2.45, 2.75) is 51.0 Å². The van der Waals surface area contributed by atoms with Crippen LogP contribution in [0.5, 0.6) is 0 Å². The summed E-state index contributed by atoms with van der Waals surface area (Å²) in [4.78, 5) is 12.4. The molecule has 3 aliphatic rings. The van der Waals surface area contributed by atoms with Gasteiger partial charge in [0.05, 0.1) is 0 Å². The van der Waals surface area contributed by atoms with E-state index in [0.717, 1.165) is 37.8 Å². The number of carbonyl (C=O) groups is 1. The lowest BCUT2D eigenvalue weighted by atomic mass is 9.74. The van der Waals surface area contributed by atoms with Crippen LogP contribution in [0.4, 0.5) is 0 Å². The molecule has 0 radical (unpaired) electrons. The van der Waals surface area contributed by atoms with E-state index in [4.69, 9.17) is 0 Å². The van der Waals surface area contributed by atoms with Crippen LogP contribution in [-0.4, -0.2) is 25.0 Å². The minimum atomic E-state index is 0.177. The molecule has 2 heterocycles. The summed E-state index contributed by atoms with van der Waals surface area (Å²) in [7, 11) is 0. The quantitative estimate of drug-likeness (QED) is 0.897. The second-order valence-corrected chi connectivity index (χ2v) is 7.84. The first-order valence-electron chi connectivity index (χ1n) is 9.37. The Morgan fingerprint density at radius 3 is 2.35 bits per heavy atom. The normalized spacial score (nSPS) is 31.1. The number of rotatable bonds is 4. The van der Waals surface area contributed by atoms with Gasteiger partial charge in [0.15, 0.2) is 0 Å². The average Bonchev–Trinajstić information content (AvgIpc) is 2.53. The molecule has 1 aliphatic carbocycles. The highest BCUT2D eigenvalue weighted by molar-refractivity contribution is 5.80. The number of benzene rings is 1. The minimum absolute atomic E-state index is 0.177. The molecule has 0 bridgehead atoms. The Hall–Kier alpha value is -1.35. The van der Waals surface area contributed by atoms with Crippen LogP contribution in [0.25, 0.3) is 0 Å². The zero-order valence-corrected chi connectivity index (χ0v) is 13.9. The van der Waals surface area contributed by atoms with Crippen LogP contribution in [0.1, 0.15) is 43.2 Å². The van der Waals surface area contributed by atoms with Gasteiger partial charge in [-0.2, -0.15) is 0 Å². The van der Waals surface area contributed by atoms with E-state index < -0.39 is 0 Å². The smallest absolute Gasteiger partial charge is 0.223 e. The largest absolute Gasteiger partial charge is 0.353 e. The van der Waals surface area contributed by atoms with E-state index in [1.54, 1.807) is 0 Å². The molecule has 4 rings (SSSR count).